The van der Waals surface area contributed by atoms with Crippen molar-refractivity contribution in [3.63, 3.8) is 0 Å². The van der Waals surface area contributed by atoms with E-state index in [1.54, 1.807) is 0 Å². The molecule has 0 amide bonds. The van der Waals surface area contributed by atoms with Crippen LogP contribution in [0, 0.1) is 0 Å². The fourth-order valence-corrected chi connectivity index (χ4v) is 4.40. The molecular formula is C23H47NaO4S. The first-order chi connectivity index (χ1) is 13.5. The van der Waals surface area contributed by atoms with Crippen molar-refractivity contribution < 1.29 is 17.4 Å². The molecule has 6 heteroatoms. The third-order valence-corrected chi connectivity index (χ3v) is 6.43. The molecule has 4 nitrogen and oxygen atoms in total. The number of unbranched alkanes of at least 4 members (excludes halogenated alkanes) is 16. The summed E-state index contributed by atoms with van der Waals surface area (Å²) in [4.78, 5) is 11.6. The molecule has 170 valence electrons. The number of carbonyl (C=O) groups excluding carboxylic acids is 1. The van der Waals surface area contributed by atoms with Gasteiger partial charge in [-0.05, 0) is 12.8 Å². The van der Waals surface area contributed by atoms with Crippen molar-refractivity contribution in [1.29, 1.82) is 0 Å². The zero-order chi connectivity index (χ0) is 20.9. The van der Waals surface area contributed by atoms with Gasteiger partial charge in [0.1, 0.15) is 0 Å². The van der Waals surface area contributed by atoms with E-state index in [0.29, 0.717) is 6.42 Å². The van der Waals surface area contributed by atoms with Gasteiger partial charge in [-0.2, -0.15) is 8.42 Å². The molecule has 0 spiro atoms. The fraction of sp³-hybridized carbons (Fsp3) is 0.957. The summed E-state index contributed by atoms with van der Waals surface area (Å²) in [5.74, 6) is -0.642. The average molecular weight is 443 g/mol. The van der Waals surface area contributed by atoms with Crippen LogP contribution in [0.1, 0.15) is 136 Å². The van der Waals surface area contributed by atoms with E-state index in [2.05, 4.69) is 11.1 Å². The summed E-state index contributed by atoms with van der Waals surface area (Å²) < 4.78 is 27.9. The van der Waals surface area contributed by atoms with Gasteiger partial charge in [0.15, 0.2) is 0 Å². The van der Waals surface area contributed by atoms with Crippen LogP contribution < -0.4 is 0 Å². The second-order valence-corrected chi connectivity index (χ2v) is 9.81. The first kappa shape index (κ1) is 31.6. The van der Waals surface area contributed by atoms with Crippen LogP contribution >= 0.6 is 0 Å². The first-order valence-electron chi connectivity index (χ1n) is 12.0. The molecule has 0 saturated heterocycles. The summed E-state index contributed by atoms with van der Waals surface area (Å²) in [6.07, 6.45) is 21.6. The Balaban J connectivity index is 0. The predicted molar refractivity (Wildman–Crippen MR) is 126 cm³/mol. The van der Waals surface area contributed by atoms with Crippen molar-refractivity contribution in [3.8, 4) is 0 Å². The Morgan fingerprint density at radius 3 is 1.34 bits per heavy atom. The van der Waals surface area contributed by atoms with Crippen LogP contribution in [0.15, 0.2) is 0 Å². The molecular weight excluding hydrogens is 395 g/mol. The molecule has 0 heterocycles. The van der Waals surface area contributed by atoms with Crippen molar-refractivity contribution in [2.75, 3.05) is 5.75 Å². The van der Waals surface area contributed by atoms with Gasteiger partial charge in [-0.25, -0.2) is 0 Å². The monoisotopic (exact) mass is 442 g/mol. The van der Waals surface area contributed by atoms with Crippen molar-refractivity contribution in [3.05, 3.63) is 0 Å². The molecule has 0 aliphatic carbocycles. The Kier molecular flexibility index (Phi) is 25.2. The van der Waals surface area contributed by atoms with Crippen molar-refractivity contribution >= 4 is 45.6 Å². The van der Waals surface area contributed by atoms with Gasteiger partial charge in [-0.1, -0.05) is 117 Å². The van der Waals surface area contributed by atoms with Gasteiger partial charge in [0.2, 0.25) is 0 Å². The summed E-state index contributed by atoms with van der Waals surface area (Å²) in [7, 11) is -3.67. The number of rotatable bonds is 21. The molecule has 0 unspecified atom stereocenters. The van der Waals surface area contributed by atoms with E-state index in [9.17, 15) is 13.2 Å². The number of hydrogen-bond acceptors (Lipinski definition) is 4. The zero-order valence-corrected chi connectivity index (χ0v) is 19.5. The molecule has 0 aromatic heterocycles. The molecule has 0 fully saturated rings. The Morgan fingerprint density at radius 1 is 0.586 bits per heavy atom. The van der Waals surface area contributed by atoms with E-state index < -0.39 is 16.1 Å². The quantitative estimate of drug-likeness (QED) is 0.113. The van der Waals surface area contributed by atoms with Gasteiger partial charge in [0.05, 0.1) is 5.75 Å². The molecule has 0 rings (SSSR count). The van der Waals surface area contributed by atoms with Gasteiger partial charge in [0.25, 0.3) is 0 Å². The normalized spacial score (nSPS) is 11.2. The van der Waals surface area contributed by atoms with E-state index in [0.717, 1.165) is 32.1 Å². The predicted octanol–water partition coefficient (Wildman–Crippen LogP) is 6.66. The zero-order valence-electron chi connectivity index (χ0n) is 18.7. The van der Waals surface area contributed by atoms with Crippen molar-refractivity contribution in [1.82, 2.24) is 0 Å². The first-order valence-corrected chi connectivity index (χ1v) is 13.5. The third kappa shape index (κ3) is 24.6. The van der Waals surface area contributed by atoms with Gasteiger partial charge in [0, 0.05) is 6.42 Å². The van der Waals surface area contributed by atoms with Crippen LogP contribution in [-0.4, -0.2) is 49.7 Å². The van der Waals surface area contributed by atoms with E-state index in [4.69, 9.17) is 0 Å². The van der Waals surface area contributed by atoms with Crippen LogP contribution in [-0.2, 0) is 19.1 Å². The van der Waals surface area contributed by atoms with Crippen LogP contribution in [0.4, 0.5) is 0 Å². The number of carbonyl (C=O) groups is 1. The topological polar surface area (TPSA) is 60.4 Å². The second kappa shape index (κ2) is 23.1. The maximum absolute atomic E-state index is 11.6. The maximum atomic E-state index is 11.6. The summed E-state index contributed by atoms with van der Waals surface area (Å²) in [6, 6.07) is 0. The van der Waals surface area contributed by atoms with E-state index in [-0.39, 0.29) is 41.7 Å². The third-order valence-electron chi connectivity index (χ3n) is 5.20. The van der Waals surface area contributed by atoms with E-state index in [1.165, 1.54) is 77.0 Å². The minimum atomic E-state index is -3.67. The van der Waals surface area contributed by atoms with Gasteiger partial charge in [-0.3, -0.25) is 4.79 Å². The molecule has 0 aromatic carbocycles. The molecule has 0 aliphatic rings. The molecule has 29 heavy (non-hydrogen) atoms. The Hall–Kier alpha value is 0.420. The Bertz CT molecular complexity index is 452. The van der Waals surface area contributed by atoms with Crippen LogP contribution in [0.25, 0.3) is 0 Å². The van der Waals surface area contributed by atoms with Crippen LogP contribution in [0.3, 0.4) is 0 Å². The average Bonchev–Trinajstić information content (AvgIpc) is 2.64. The molecule has 0 radical (unpaired) electrons. The van der Waals surface area contributed by atoms with Gasteiger partial charge >= 0.3 is 45.6 Å². The van der Waals surface area contributed by atoms with Crippen LogP contribution in [0.2, 0.25) is 0 Å². The molecule has 0 atom stereocenters. The molecule has 0 aromatic rings. The van der Waals surface area contributed by atoms with Crippen LogP contribution in [0.5, 0.6) is 0 Å². The van der Waals surface area contributed by atoms with Gasteiger partial charge in [-0.15, -0.1) is 0 Å². The fourth-order valence-electron chi connectivity index (χ4n) is 3.39. The van der Waals surface area contributed by atoms with Gasteiger partial charge < -0.3 is 4.18 Å². The molecule has 0 aliphatic heterocycles. The van der Waals surface area contributed by atoms with E-state index >= 15 is 0 Å². The standard InChI is InChI=1S/C23H46O4S.Na.H/c1-3-5-7-8-9-10-11-12-13-14-15-16-17-18-19-21-23(24)27-28(25,26)22-20-6-4-2;;/h3-22H2,1-2H3;;. The summed E-state index contributed by atoms with van der Waals surface area (Å²) in [5, 5.41) is 0. The molecule has 0 N–H and O–H groups in total. The van der Waals surface area contributed by atoms with Crippen molar-refractivity contribution in [2.24, 2.45) is 0 Å². The molecule has 0 bridgehead atoms. The summed E-state index contributed by atoms with van der Waals surface area (Å²) in [6.45, 7) is 4.27. The van der Waals surface area contributed by atoms with E-state index in [1.807, 2.05) is 6.92 Å². The second-order valence-electron chi connectivity index (χ2n) is 8.12. The number of hydrogen-bond donors (Lipinski definition) is 0. The molecule has 0 saturated carbocycles. The Morgan fingerprint density at radius 2 is 0.931 bits per heavy atom. The summed E-state index contributed by atoms with van der Waals surface area (Å²) in [5.41, 5.74) is 0. The summed E-state index contributed by atoms with van der Waals surface area (Å²) >= 11 is 0. The van der Waals surface area contributed by atoms with Crippen molar-refractivity contribution in [2.45, 2.75) is 136 Å². The SMILES string of the molecule is CCCCCCCCCCCCCCCCCC(=O)OS(=O)(=O)CCCCC.[NaH]. The Labute approximate surface area is 203 Å². The minimum absolute atomic E-state index is 0.